The number of unbranched alkanes of at least 4 members (excludes halogenated alkanes) is 13. The molecule has 0 aromatic heterocycles. The van der Waals surface area contributed by atoms with Crippen LogP contribution in [0, 0.1) is 0 Å². The molecule has 0 rings (SSSR count). The molecule has 210 valence electrons. The highest BCUT2D eigenvalue weighted by atomic mass is 32.2. The highest BCUT2D eigenvalue weighted by Crippen LogP contribution is 2.23. The molecule has 1 unspecified atom stereocenters. The Morgan fingerprint density at radius 1 is 0.657 bits per heavy atom. The molecule has 35 heavy (non-hydrogen) atoms. The van der Waals surface area contributed by atoms with Crippen LogP contribution in [0.5, 0.6) is 0 Å². The van der Waals surface area contributed by atoms with Gasteiger partial charge in [0.05, 0.1) is 0 Å². The fourth-order valence-electron chi connectivity index (χ4n) is 4.71. The van der Waals surface area contributed by atoms with Crippen molar-refractivity contribution in [2.75, 3.05) is 38.5 Å². The van der Waals surface area contributed by atoms with Crippen LogP contribution in [0.2, 0.25) is 0 Å². The summed E-state index contributed by atoms with van der Waals surface area (Å²) < 4.78 is 0. The predicted octanol–water partition coefficient (Wildman–Crippen LogP) is 8.87. The van der Waals surface area contributed by atoms with Crippen molar-refractivity contribution in [3.05, 3.63) is 0 Å². The summed E-state index contributed by atoms with van der Waals surface area (Å²) >= 11 is 2.24. The summed E-state index contributed by atoms with van der Waals surface area (Å²) in [5.74, 6) is 1.36. The zero-order chi connectivity index (χ0) is 26.0. The maximum Gasteiger partial charge on any atom is 0.319 e. The second-order valence-corrected chi connectivity index (χ2v) is 11.6. The monoisotopic (exact) mass is 513 g/mol. The Labute approximate surface area is 224 Å². The third-order valence-corrected chi connectivity index (χ3v) is 8.76. The number of rotatable bonds is 26. The van der Waals surface area contributed by atoms with E-state index in [2.05, 4.69) is 39.5 Å². The molecule has 0 heterocycles. The largest absolute Gasteiger partial charge is 0.330 e. The molecule has 0 bridgehead atoms. The van der Waals surface area contributed by atoms with Crippen molar-refractivity contribution < 1.29 is 4.79 Å². The summed E-state index contributed by atoms with van der Waals surface area (Å²) in [4.78, 5) is 16.6. The zero-order valence-electron chi connectivity index (χ0n) is 24.3. The molecule has 0 aromatic rings. The van der Waals surface area contributed by atoms with Gasteiger partial charge in [-0.05, 0) is 58.2 Å². The lowest BCUT2D eigenvalue weighted by atomic mass is 10.1. The molecule has 0 radical (unpaired) electrons. The molecule has 5 heteroatoms. The second kappa shape index (κ2) is 26.6. The number of carbonyl (C=O) groups excluding carboxylic acids is 1. The number of carbonyl (C=O) groups is 1. The van der Waals surface area contributed by atoms with E-state index in [1.807, 2.05) is 9.80 Å². The predicted molar refractivity (Wildman–Crippen MR) is 160 cm³/mol. The van der Waals surface area contributed by atoms with Gasteiger partial charge in [-0.3, -0.25) is 0 Å². The maximum atomic E-state index is 12.7. The Balaban J connectivity index is 3.64. The summed E-state index contributed by atoms with van der Waals surface area (Å²) in [6.07, 6.45) is 24.2. The fraction of sp³-hybridized carbons (Fsp3) is 0.967. The van der Waals surface area contributed by atoms with Crippen LogP contribution in [0.3, 0.4) is 0 Å². The van der Waals surface area contributed by atoms with Gasteiger partial charge < -0.3 is 15.5 Å². The van der Waals surface area contributed by atoms with Crippen LogP contribution < -0.4 is 5.73 Å². The van der Waals surface area contributed by atoms with Crippen molar-refractivity contribution in [3.63, 3.8) is 0 Å². The van der Waals surface area contributed by atoms with E-state index in [4.69, 9.17) is 5.73 Å². The average Bonchev–Trinajstić information content (AvgIpc) is 2.87. The highest BCUT2D eigenvalue weighted by Gasteiger charge is 2.17. The number of hydrogen-bond acceptors (Lipinski definition) is 3. The van der Waals surface area contributed by atoms with Crippen molar-refractivity contribution in [2.45, 2.75) is 149 Å². The number of nitrogens with zero attached hydrogens (tertiary/aromatic N) is 2. The lowest BCUT2D eigenvalue weighted by Crippen LogP contribution is -2.44. The molecule has 1 atom stereocenters. The minimum absolute atomic E-state index is 0.189. The molecule has 0 aliphatic rings. The number of hydrogen-bond donors (Lipinski definition) is 1. The summed E-state index contributed by atoms with van der Waals surface area (Å²) in [5.41, 5.74) is 5.61. The Morgan fingerprint density at radius 3 is 1.66 bits per heavy atom. The number of amides is 2. The molecule has 0 saturated heterocycles. The first kappa shape index (κ1) is 34.6. The Bertz CT molecular complexity index is 449. The smallest absolute Gasteiger partial charge is 0.319 e. The van der Waals surface area contributed by atoms with Gasteiger partial charge in [-0.25, -0.2) is 4.79 Å². The third kappa shape index (κ3) is 20.3. The quantitative estimate of drug-likeness (QED) is 0.117. The lowest BCUT2D eigenvalue weighted by Gasteiger charge is -2.29. The van der Waals surface area contributed by atoms with Gasteiger partial charge in [0, 0.05) is 31.4 Å². The number of thioether (sulfide) groups is 1. The minimum Gasteiger partial charge on any atom is -0.330 e. The number of urea groups is 1. The van der Waals surface area contributed by atoms with E-state index < -0.39 is 0 Å². The summed E-state index contributed by atoms with van der Waals surface area (Å²) in [5, 5.41) is 0.894. The zero-order valence-corrected chi connectivity index (χ0v) is 25.2. The molecular formula is C30H63N3OS. The molecule has 0 saturated carbocycles. The van der Waals surface area contributed by atoms with E-state index in [1.165, 1.54) is 108 Å². The van der Waals surface area contributed by atoms with E-state index in [0.29, 0.717) is 6.54 Å². The van der Waals surface area contributed by atoms with Crippen molar-refractivity contribution in [2.24, 2.45) is 5.73 Å². The summed E-state index contributed by atoms with van der Waals surface area (Å²) in [6, 6.07) is 0.189. The van der Waals surface area contributed by atoms with E-state index in [0.717, 1.165) is 44.3 Å². The maximum absolute atomic E-state index is 12.7. The molecule has 0 fully saturated rings. The van der Waals surface area contributed by atoms with Crippen LogP contribution >= 0.6 is 11.8 Å². The minimum atomic E-state index is 0.189. The molecule has 2 amide bonds. The molecule has 0 aliphatic heterocycles. The first-order valence-corrected chi connectivity index (χ1v) is 16.5. The van der Waals surface area contributed by atoms with Crippen molar-refractivity contribution in [1.82, 2.24) is 9.80 Å². The second-order valence-electron chi connectivity index (χ2n) is 10.2. The van der Waals surface area contributed by atoms with Crippen LogP contribution in [-0.2, 0) is 0 Å². The van der Waals surface area contributed by atoms with Crippen molar-refractivity contribution in [3.8, 4) is 0 Å². The van der Waals surface area contributed by atoms with Gasteiger partial charge in [0.15, 0.2) is 0 Å². The summed E-state index contributed by atoms with van der Waals surface area (Å²) in [7, 11) is 0. The van der Waals surface area contributed by atoms with E-state index >= 15 is 0 Å². The highest BCUT2D eigenvalue weighted by molar-refractivity contribution is 7.99. The van der Waals surface area contributed by atoms with Gasteiger partial charge in [0.2, 0.25) is 0 Å². The van der Waals surface area contributed by atoms with E-state index in [-0.39, 0.29) is 6.03 Å². The van der Waals surface area contributed by atoms with Gasteiger partial charge in [-0.2, -0.15) is 11.8 Å². The Hall–Kier alpha value is -0.420. The van der Waals surface area contributed by atoms with Crippen LogP contribution in [0.25, 0.3) is 0 Å². The van der Waals surface area contributed by atoms with Gasteiger partial charge >= 0.3 is 6.03 Å². The molecule has 0 aliphatic carbocycles. The van der Waals surface area contributed by atoms with Gasteiger partial charge in [-0.1, -0.05) is 97.3 Å². The van der Waals surface area contributed by atoms with Crippen LogP contribution in [0.15, 0.2) is 0 Å². The van der Waals surface area contributed by atoms with Gasteiger partial charge in [-0.15, -0.1) is 0 Å². The molecule has 2 N–H and O–H groups in total. The van der Waals surface area contributed by atoms with Crippen LogP contribution in [0.1, 0.15) is 143 Å². The van der Waals surface area contributed by atoms with Gasteiger partial charge in [0.1, 0.15) is 0 Å². The Kier molecular flexibility index (Phi) is 26.3. The normalized spacial score (nSPS) is 12.1. The molecule has 4 nitrogen and oxygen atoms in total. The number of nitrogens with two attached hydrogens (primary N) is 1. The summed E-state index contributed by atoms with van der Waals surface area (Å²) in [6.45, 7) is 12.7. The van der Waals surface area contributed by atoms with Crippen LogP contribution in [0.4, 0.5) is 4.79 Å². The van der Waals surface area contributed by atoms with Gasteiger partial charge in [0.25, 0.3) is 0 Å². The first-order valence-electron chi connectivity index (χ1n) is 15.5. The van der Waals surface area contributed by atoms with E-state index in [9.17, 15) is 4.79 Å². The fourth-order valence-corrected chi connectivity index (χ4v) is 5.98. The third-order valence-electron chi connectivity index (χ3n) is 7.20. The standard InChI is InChI=1S/C30H63N3OS/c1-5-9-10-11-14-17-20-24-29(6-2)35-28-22-19-16-13-12-15-18-21-26-32(7-3)30(34)33(8-4)27-23-25-31/h29H,5-28,31H2,1-4H3. The van der Waals surface area contributed by atoms with Crippen molar-refractivity contribution >= 4 is 17.8 Å². The first-order chi connectivity index (χ1) is 17.1. The molecular weight excluding hydrogens is 450 g/mol. The molecule has 0 spiro atoms. The van der Waals surface area contributed by atoms with Crippen LogP contribution in [-0.4, -0.2) is 59.6 Å². The molecule has 0 aromatic carbocycles. The lowest BCUT2D eigenvalue weighted by molar-refractivity contribution is 0.156. The van der Waals surface area contributed by atoms with E-state index in [1.54, 1.807) is 0 Å². The topological polar surface area (TPSA) is 49.6 Å². The Morgan fingerprint density at radius 2 is 1.14 bits per heavy atom. The van der Waals surface area contributed by atoms with Crippen molar-refractivity contribution in [1.29, 1.82) is 0 Å². The average molecular weight is 514 g/mol. The SMILES string of the molecule is CCCCCCCCCC(CC)SCCCCCCCCCCN(CC)C(=O)N(CC)CCCN.